The van der Waals surface area contributed by atoms with Crippen molar-refractivity contribution >= 4 is 5.78 Å². The van der Waals surface area contributed by atoms with Gasteiger partial charge in [-0.3, -0.25) is 0 Å². The molecule has 0 rings (SSSR count). The molecule has 0 aliphatic rings. The smallest absolute Gasteiger partial charge is 0.129 e. The maximum absolute atomic E-state index is 10.7. The van der Waals surface area contributed by atoms with Crippen molar-refractivity contribution in [3.8, 4) is 0 Å². The maximum atomic E-state index is 10.7. The Bertz CT molecular complexity index is 129. The molecule has 0 N–H and O–H groups in total. The zero-order valence-corrected chi connectivity index (χ0v) is 8.89. The van der Waals surface area contributed by atoms with Crippen molar-refractivity contribution < 1.29 is 4.79 Å². The van der Waals surface area contributed by atoms with Crippen LogP contribution in [0.3, 0.4) is 0 Å². The van der Waals surface area contributed by atoms with Gasteiger partial charge in [-0.05, 0) is 25.2 Å². The Hall–Kier alpha value is -0.330. The predicted octanol–water partition coefficient (Wildman–Crippen LogP) is 3.43. The van der Waals surface area contributed by atoms with Crippen LogP contribution in [0.15, 0.2) is 0 Å². The van der Waals surface area contributed by atoms with Crippen LogP contribution in [-0.4, -0.2) is 5.78 Å². The van der Waals surface area contributed by atoms with Crippen LogP contribution in [-0.2, 0) is 4.79 Å². The molecule has 0 aromatic carbocycles. The Kier molecular flexibility index (Phi) is 6.04. The number of carbonyl (C=O) groups is 1. The summed E-state index contributed by atoms with van der Waals surface area (Å²) in [7, 11) is 0. The Morgan fingerprint density at radius 1 is 1.25 bits per heavy atom. The Morgan fingerprint density at radius 2 is 1.83 bits per heavy atom. The Balaban J connectivity index is 3.43. The molecule has 12 heavy (non-hydrogen) atoms. The van der Waals surface area contributed by atoms with Crippen molar-refractivity contribution in [1.82, 2.24) is 0 Å². The molecule has 0 bridgehead atoms. The number of rotatable bonds is 6. The average Bonchev–Trinajstić information content (AvgIpc) is 2.02. The van der Waals surface area contributed by atoms with Gasteiger partial charge in [-0.2, -0.15) is 0 Å². The summed E-state index contributed by atoms with van der Waals surface area (Å²) in [5.74, 6) is 1.90. The van der Waals surface area contributed by atoms with E-state index in [0.717, 1.165) is 24.7 Å². The normalized spacial score (nSPS) is 15.7. The molecule has 0 saturated heterocycles. The highest BCUT2D eigenvalue weighted by atomic mass is 16.1. The molecule has 1 nitrogen and oxygen atoms in total. The van der Waals surface area contributed by atoms with Gasteiger partial charge in [0.15, 0.2) is 0 Å². The minimum atomic E-state index is 0.325. The minimum Gasteiger partial charge on any atom is -0.300 e. The summed E-state index contributed by atoms with van der Waals surface area (Å²) in [4.78, 5) is 10.7. The highest BCUT2D eigenvalue weighted by Crippen LogP contribution is 2.20. The summed E-state index contributed by atoms with van der Waals surface area (Å²) in [6.07, 6.45) is 4.29. The van der Waals surface area contributed by atoms with Crippen LogP contribution >= 0.6 is 0 Å². The molecule has 0 radical (unpaired) electrons. The first-order valence-corrected chi connectivity index (χ1v) is 5.07. The zero-order chi connectivity index (χ0) is 9.56. The zero-order valence-electron chi connectivity index (χ0n) is 8.89. The van der Waals surface area contributed by atoms with Gasteiger partial charge in [0, 0.05) is 6.42 Å². The van der Waals surface area contributed by atoms with Gasteiger partial charge >= 0.3 is 0 Å². The largest absolute Gasteiger partial charge is 0.300 e. The van der Waals surface area contributed by atoms with Crippen LogP contribution < -0.4 is 0 Å². The molecule has 2 unspecified atom stereocenters. The summed E-state index contributed by atoms with van der Waals surface area (Å²) in [5, 5.41) is 0. The fraction of sp³-hybridized carbons (Fsp3) is 0.909. The van der Waals surface area contributed by atoms with E-state index in [9.17, 15) is 4.79 Å². The van der Waals surface area contributed by atoms with Gasteiger partial charge in [-0.1, -0.05) is 33.6 Å². The van der Waals surface area contributed by atoms with Gasteiger partial charge in [0.1, 0.15) is 5.78 Å². The van der Waals surface area contributed by atoms with Crippen molar-refractivity contribution in [2.24, 2.45) is 11.8 Å². The quantitative estimate of drug-likeness (QED) is 0.597. The topological polar surface area (TPSA) is 17.1 Å². The number of Topliss-reactive ketones (excluding diaryl/α,β-unsaturated/α-hetero) is 1. The van der Waals surface area contributed by atoms with Crippen LogP contribution in [0.25, 0.3) is 0 Å². The second kappa shape index (κ2) is 6.22. The van der Waals surface area contributed by atoms with Gasteiger partial charge in [-0.15, -0.1) is 0 Å². The van der Waals surface area contributed by atoms with Crippen LogP contribution in [0.5, 0.6) is 0 Å². The van der Waals surface area contributed by atoms with E-state index in [1.807, 2.05) is 0 Å². The molecule has 0 aromatic rings. The van der Waals surface area contributed by atoms with Gasteiger partial charge < -0.3 is 4.79 Å². The summed E-state index contributed by atoms with van der Waals surface area (Å²) in [5.41, 5.74) is 0. The molecule has 1 heteroatoms. The lowest BCUT2D eigenvalue weighted by Crippen LogP contribution is -2.07. The van der Waals surface area contributed by atoms with Crippen LogP contribution in [0.4, 0.5) is 0 Å². The molecule has 0 aliphatic carbocycles. The van der Waals surface area contributed by atoms with Crippen molar-refractivity contribution in [2.45, 2.75) is 53.4 Å². The van der Waals surface area contributed by atoms with Crippen LogP contribution in [0, 0.1) is 11.8 Å². The average molecular weight is 170 g/mol. The molecular formula is C11H22O. The Morgan fingerprint density at radius 3 is 2.25 bits per heavy atom. The van der Waals surface area contributed by atoms with Gasteiger partial charge in [0.25, 0.3) is 0 Å². The second-order valence-electron chi connectivity index (χ2n) is 3.96. The van der Waals surface area contributed by atoms with E-state index in [4.69, 9.17) is 0 Å². The molecule has 0 fully saturated rings. The number of hydrogen-bond acceptors (Lipinski definition) is 1. The molecular weight excluding hydrogens is 148 g/mol. The lowest BCUT2D eigenvalue weighted by Gasteiger charge is -2.17. The first-order valence-electron chi connectivity index (χ1n) is 5.07. The lowest BCUT2D eigenvalue weighted by molar-refractivity contribution is -0.117. The number of ketones is 1. The summed E-state index contributed by atoms with van der Waals surface area (Å²) >= 11 is 0. The highest BCUT2D eigenvalue weighted by Gasteiger charge is 2.09. The molecule has 72 valence electrons. The van der Waals surface area contributed by atoms with E-state index in [-0.39, 0.29) is 0 Å². The van der Waals surface area contributed by atoms with E-state index in [1.165, 1.54) is 12.8 Å². The van der Waals surface area contributed by atoms with Gasteiger partial charge in [0.2, 0.25) is 0 Å². The second-order valence-corrected chi connectivity index (χ2v) is 3.96. The third-order valence-corrected chi connectivity index (χ3v) is 2.80. The first-order chi connectivity index (χ1) is 5.57. The summed E-state index contributed by atoms with van der Waals surface area (Å²) in [6, 6.07) is 0. The van der Waals surface area contributed by atoms with Crippen LogP contribution in [0.2, 0.25) is 0 Å². The van der Waals surface area contributed by atoms with E-state index in [0.29, 0.717) is 5.78 Å². The van der Waals surface area contributed by atoms with Crippen molar-refractivity contribution in [3.05, 3.63) is 0 Å². The van der Waals surface area contributed by atoms with Crippen molar-refractivity contribution in [3.63, 3.8) is 0 Å². The van der Waals surface area contributed by atoms with E-state index in [2.05, 4.69) is 20.8 Å². The monoisotopic (exact) mass is 170 g/mol. The minimum absolute atomic E-state index is 0.325. The molecule has 0 aliphatic heterocycles. The summed E-state index contributed by atoms with van der Waals surface area (Å²) in [6.45, 7) is 8.48. The third-order valence-electron chi connectivity index (χ3n) is 2.80. The number of hydrogen-bond donors (Lipinski definition) is 0. The van der Waals surface area contributed by atoms with Crippen LogP contribution in [0.1, 0.15) is 53.4 Å². The molecule has 0 aromatic heterocycles. The van der Waals surface area contributed by atoms with Gasteiger partial charge in [-0.25, -0.2) is 0 Å². The van der Waals surface area contributed by atoms with E-state index >= 15 is 0 Å². The molecule has 0 spiro atoms. The fourth-order valence-corrected chi connectivity index (χ4v) is 1.36. The fourth-order valence-electron chi connectivity index (χ4n) is 1.36. The third kappa shape index (κ3) is 5.34. The molecule has 0 saturated carbocycles. The molecule has 0 heterocycles. The Labute approximate surface area is 76.6 Å². The standard InChI is InChI=1S/C11H22O/c1-5-9(2)10(3)7-6-8-11(4)12/h9-10H,5-8H2,1-4H3. The first kappa shape index (κ1) is 11.7. The lowest BCUT2D eigenvalue weighted by atomic mass is 9.89. The van der Waals surface area contributed by atoms with E-state index < -0.39 is 0 Å². The molecule has 2 atom stereocenters. The summed E-state index contributed by atoms with van der Waals surface area (Å²) < 4.78 is 0. The molecule has 0 amide bonds. The predicted molar refractivity (Wildman–Crippen MR) is 53.2 cm³/mol. The van der Waals surface area contributed by atoms with Crippen molar-refractivity contribution in [1.29, 1.82) is 0 Å². The number of carbonyl (C=O) groups excluding carboxylic acids is 1. The van der Waals surface area contributed by atoms with E-state index in [1.54, 1.807) is 6.92 Å². The highest BCUT2D eigenvalue weighted by molar-refractivity contribution is 5.75. The van der Waals surface area contributed by atoms with Crippen molar-refractivity contribution in [2.75, 3.05) is 0 Å². The SMILES string of the molecule is CCC(C)C(C)CCCC(C)=O. The maximum Gasteiger partial charge on any atom is 0.129 e. The van der Waals surface area contributed by atoms with Gasteiger partial charge in [0.05, 0.1) is 0 Å².